The summed E-state index contributed by atoms with van der Waals surface area (Å²) in [4.78, 5) is 29.0. The third-order valence-corrected chi connectivity index (χ3v) is 7.97. The molecule has 0 aliphatic carbocycles. The quantitative estimate of drug-likeness (QED) is 0.317. The molecule has 214 valence electrons. The second kappa shape index (κ2) is 14.1. The van der Waals surface area contributed by atoms with Crippen molar-refractivity contribution in [3.05, 3.63) is 101 Å². The first-order valence-corrected chi connectivity index (χ1v) is 15.5. The van der Waals surface area contributed by atoms with Gasteiger partial charge in [-0.1, -0.05) is 72.3 Å². The Labute approximate surface area is 239 Å². The number of hydrogen-bond donors (Lipinski definition) is 1. The third kappa shape index (κ3) is 8.95. The lowest BCUT2D eigenvalue weighted by atomic mass is 10.0. The van der Waals surface area contributed by atoms with Gasteiger partial charge in [-0.05, 0) is 62.9 Å². The Morgan fingerprint density at radius 1 is 0.875 bits per heavy atom. The molecule has 1 unspecified atom stereocenters. The Hall–Kier alpha value is -3.65. The lowest BCUT2D eigenvalue weighted by Crippen LogP contribution is -2.52. The average molecular weight is 564 g/mol. The molecule has 40 heavy (non-hydrogen) atoms. The van der Waals surface area contributed by atoms with E-state index in [1.54, 1.807) is 17.0 Å². The number of carbonyl (C=O) groups is 2. The fourth-order valence-electron chi connectivity index (χ4n) is 4.62. The summed E-state index contributed by atoms with van der Waals surface area (Å²) in [5.41, 5.74) is 4.55. The van der Waals surface area contributed by atoms with E-state index in [1.807, 2.05) is 94.4 Å². The number of amides is 2. The van der Waals surface area contributed by atoms with E-state index in [4.69, 9.17) is 0 Å². The molecule has 0 saturated heterocycles. The van der Waals surface area contributed by atoms with Crippen LogP contribution in [-0.4, -0.2) is 50.0 Å². The van der Waals surface area contributed by atoms with Crippen LogP contribution in [0.4, 0.5) is 5.69 Å². The van der Waals surface area contributed by atoms with Crippen LogP contribution in [-0.2, 0) is 32.6 Å². The summed E-state index contributed by atoms with van der Waals surface area (Å²) in [6.45, 7) is 8.17. The first kappa shape index (κ1) is 30.9. The van der Waals surface area contributed by atoms with Gasteiger partial charge in [-0.3, -0.25) is 13.9 Å². The predicted molar refractivity (Wildman–Crippen MR) is 162 cm³/mol. The van der Waals surface area contributed by atoms with Gasteiger partial charge in [0.1, 0.15) is 6.04 Å². The lowest BCUT2D eigenvalue weighted by Gasteiger charge is -2.33. The fraction of sp³-hybridized carbons (Fsp3) is 0.375. The van der Waals surface area contributed by atoms with Crippen molar-refractivity contribution in [1.82, 2.24) is 10.2 Å². The summed E-state index contributed by atoms with van der Waals surface area (Å²) in [6, 6.07) is 24.0. The highest BCUT2D eigenvalue weighted by atomic mass is 32.2. The Balaban J connectivity index is 1.88. The molecular formula is C32H41N3O4S. The molecule has 0 aromatic heterocycles. The highest BCUT2D eigenvalue weighted by Crippen LogP contribution is 2.21. The number of hydrogen-bond acceptors (Lipinski definition) is 4. The molecular weight excluding hydrogens is 522 g/mol. The average Bonchev–Trinajstić information content (AvgIpc) is 2.89. The number of nitrogens with zero attached hydrogens (tertiary/aromatic N) is 2. The summed E-state index contributed by atoms with van der Waals surface area (Å²) >= 11 is 0. The van der Waals surface area contributed by atoms with Crippen molar-refractivity contribution in [2.75, 3.05) is 17.1 Å². The van der Waals surface area contributed by atoms with E-state index >= 15 is 0 Å². The Bertz CT molecular complexity index is 1370. The molecule has 0 aliphatic rings. The van der Waals surface area contributed by atoms with Crippen LogP contribution in [0, 0.1) is 13.8 Å². The zero-order valence-electron chi connectivity index (χ0n) is 24.1. The van der Waals surface area contributed by atoms with Gasteiger partial charge < -0.3 is 10.2 Å². The van der Waals surface area contributed by atoms with Crippen LogP contribution in [0.1, 0.15) is 48.9 Å². The number of anilines is 1. The molecule has 0 spiro atoms. The van der Waals surface area contributed by atoms with Crippen LogP contribution in [0.15, 0.2) is 78.9 Å². The Morgan fingerprint density at radius 2 is 1.50 bits per heavy atom. The maximum Gasteiger partial charge on any atom is 0.243 e. The number of aryl methyl sites for hydroxylation is 2. The second-order valence-corrected chi connectivity index (χ2v) is 12.5. The van der Waals surface area contributed by atoms with Crippen LogP contribution < -0.4 is 9.62 Å². The summed E-state index contributed by atoms with van der Waals surface area (Å²) in [5, 5.41) is 3.00. The minimum absolute atomic E-state index is 0.0842. The van der Waals surface area contributed by atoms with Crippen LogP contribution in [0.3, 0.4) is 0 Å². The van der Waals surface area contributed by atoms with Crippen molar-refractivity contribution in [2.45, 2.75) is 65.6 Å². The molecule has 2 amide bonds. The molecule has 3 aromatic carbocycles. The minimum Gasteiger partial charge on any atom is -0.352 e. The van der Waals surface area contributed by atoms with E-state index in [0.29, 0.717) is 18.5 Å². The summed E-state index contributed by atoms with van der Waals surface area (Å²) in [7, 11) is -3.54. The Kier molecular flexibility index (Phi) is 10.9. The molecule has 0 radical (unpaired) electrons. The molecule has 8 heteroatoms. The molecule has 0 aliphatic heterocycles. The van der Waals surface area contributed by atoms with Crippen molar-refractivity contribution >= 4 is 27.5 Å². The molecule has 3 rings (SSSR count). The molecule has 7 nitrogen and oxygen atoms in total. The highest BCUT2D eigenvalue weighted by Gasteiger charge is 2.31. The SMILES string of the molecule is Cc1ccc(N(CCCC(=O)N(Cc2ccccc2C)C(Cc2ccccc2)C(=O)NC(C)C)S(C)(=O)=O)cc1. The molecule has 0 bridgehead atoms. The van der Waals surface area contributed by atoms with Gasteiger partial charge in [0.2, 0.25) is 21.8 Å². The first-order chi connectivity index (χ1) is 19.0. The monoisotopic (exact) mass is 563 g/mol. The number of rotatable bonds is 13. The molecule has 3 aromatic rings. The van der Waals surface area contributed by atoms with E-state index in [0.717, 1.165) is 22.3 Å². The largest absolute Gasteiger partial charge is 0.352 e. The van der Waals surface area contributed by atoms with Gasteiger partial charge in [0.25, 0.3) is 0 Å². The highest BCUT2D eigenvalue weighted by molar-refractivity contribution is 7.92. The molecule has 0 fully saturated rings. The zero-order chi connectivity index (χ0) is 29.3. The molecule has 1 atom stereocenters. The van der Waals surface area contributed by atoms with E-state index in [-0.39, 0.29) is 37.4 Å². The van der Waals surface area contributed by atoms with Crippen LogP contribution in [0.25, 0.3) is 0 Å². The van der Waals surface area contributed by atoms with Crippen molar-refractivity contribution in [3.8, 4) is 0 Å². The van der Waals surface area contributed by atoms with E-state index in [2.05, 4.69) is 5.32 Å². The van der Waals surface area contributed by atoms with Gasteiger partial charge in [-0.2, -0.15) is 0 Å². The fourth-order valence-corrected chi connectivity index (χ4v) is 5.59. The maximum absolute atomic E-state index is 13.9. The minimum atomic E-state index is -3.54. The van der Waals surface area contributed by atoms with Crippen molar-refractivity contribution in [1.29, 1.82) is 0 Å². The normalized spacial score (nSPS) is 12.2. The maximum atomic E-state index is 13.9. The summed E-state index contributed by atoms with van der Waals surface area (Å²) in [5.74, 6) is -0.404. The summed E-state index contributed by atoms with van der Waals surface area (Å²) < 4.78 is 26.5. The third-order valence-electron chi connectivity index (χ3n) is 6.78. The molecule has 0 heterocycles. The number of carbonyl (C=O) groups excluding carboxylic acids is 2. The van der Waals surface area contributed by atoms with Crippen molar-refractivity contribution < 1.29 is 18.0 Å². The van der Waals surface area contributed by atoms with Gasteiger partial charge >= 0.3 is 0 Å². The molecule has 1 N–H and O–H groups in total. The van der Waals surface area contributed by atoms with Crippen LogP contribution in [0.2, 0.25) is 0 Å². The van der Waals surface area contributed by atoms with Gasteiger partial charge in [0, 0.05) is 32.0 Å². The topological polar surface area (TPSA) is 86.8 Å². The van der Waals surface area contributed by atoms with Crippen molar-refractivity contribution in [3.63, 3.8) is 0 Å². The van der Waals surface area contributed by atoms with Gasteiger partial charge in [-0.25, -0.2) is 8.42 Å². The van der Waals surface area contributed by atoms with E-state index in [1.165, 1.54) is 10.6 Å². The van der Waals surface area contributed by atoms with Crippen LogP contribution in [0.5, 0.6) is 0 Å². The lowest BCUT2D eigenvalue weighted by molar-refractivity contribution is -0.141. The van der Waals surface area contributed by atoms with Gasteiger partial charge in [0.05, 0.1) is 11.9 Å². The molecule has 0 saturated carbocycles. The predicted octanol–water partition coefficient (Wildman–Crippen LogP) is 5.01. The first-order valence-electron chi connectivity index (χ1n) is 13.7. The van der Waals surface area contributed by atoms with E-state index in [9.17, 15) is 18.0 Å². The number of benzene rings is 3. The number of nitrogens with one attached hydrogen (secondary N) is 1. The van der Waals surface area contributed by atoms with E-state index < -0.39 is 16.1 Å². The standard InChI is InChI=1S/C32H41N3O4S/c1-24(2)33-32(37)30(22-27-13-7-6-8-14-27)34(23-28-15-10-9-12-26(28)4)31(36)16-11-21-35(40(5,38)39)29-19-17-25(3)18-20-29/h6-10,12-15,17-20,24,30H,11,16,21-23H2,1-5H3,(H,33,37). The number of sulfonamides is 1. The second-order valence-electron chi connectivity index (χ2n) is 10.6. The smallest absolute Gasteiger partial charge is 0.243 e. The van der Waals surface area contributed by atoms with Gasteiger partial charge in [0.15, 0.2) is 0 Å². The van der Waals surface area contributed by atoms with Gasteiger partial charge in [-0.15, -0.1) is 0 Å². The Morgan fingerprint density at radius 3 is 2.10 bits per heavy atom. The summed E-state index contributed by atoms with van der Waals surface area (Å²) in [6.07, 6.45) is 1.96. The van der Waals surface area contributed by atoms with Crippen molar-refractivity contribution in [2.24, 2.45) is 0 Å². The zero-order valence-corrected chi connectivity index (χ0v) is 24.9. The van der Waals surface area contributed by atoms with Crippen LogP contribution >= 0.6 is 0 Å².